The Morgan fingerprint density at radius 1 is 0.781 bits per heavy atom. The van der Waals surface area contributed by atoms with E-state index in [0.29, 0.717) is 107 Å². The zero-order chi connectivity index (χ0) is 51.7. The first-order valence-electron chi connectivity index (χ1n) is 24.3. The maximum atomic E-state index is 13.6. The topological polar surface area (TPSA) is 274 Å². The lowest BCUT2D eigenvalue weighted by Crippen LogP contribution is -2.49. The summed E-state index contributed by atoms with van der Waals surface area (Å²) >= 11 is 0.753. The molecule has 2 aliphatic rings. The van der Waals surface area contributed by atoms with Crippen molar-refractivity contribution in [3.05, 3.63) is 91.6 Å². The van der Waals surface area contributed by atoms with Crippen LogP contribution in [0.1, 0.15) is 83.5 Å². The molecule has 73 heavy (non-hydrogen) atoms. The molecule has 1 aromatic carbocycles. The van der Waals surface area contributed by atoms with Crippen molar-refractivity contribution in [3.63, 3.8) is 0 Å². The summed E-state index contributed by atoms with van der Waals surface area (Å²) in [5.74, 6) is -0.301. The summed E-state index contributed by atoms with van der Waals surface area (Å²) < 4.78 is 29.4. The summed E-state index contributed by atoms with van der Waals surface area (Å²) in [5, 5.41) is 20.1. The number of carbonyl (C=O) groups excluding carboxylic acids is 4. The minimum Gasteiger partial charge on any atom is -0.379 e. The van der Waals surface area contributed by atoms with E-state index in [1.54, 1.807) is 42.1 Å². The van der Waals surface area contributed by atoms with Crippen molar-refractivity contribution in [2.45, 2.75) is 65.3 Å². The van der Waals surface area contributed by atoms with Crippen LogP contribution in [-0.4, -0.2) is 150 Å². The van der Waals surface area contributed by atoms with E-state index in [-0.39, 0.29) is 87.9 Å². The molecule has 5 heterocycles. The van der Waals surface area contributed by atoms with Gasteiger partial charge in [-0.3, -0.25) is 44.0 Å². The smallest absolute Gasteiger partial charge is 0.348 e. The van der Waals surface area contributed by atoms with Gasteiger partial charge in [-0.05, 0) is 74.8 Å². The number of hydrogen-bond acceptors (Lipinski definition) is 19. The second-order valence-electron chi connectivity index (χ2n) is 17.3. The number of aromatic nitrogens is 5. The molecule has 5 aromatic rings. The number of fused-ring (bicyclic) bond motifs is 1. The van der Waals surface area contributed by atoms with Crippen LogP contribution in [0.2, 0.25) is 0 Å². The number of para-hydroxylation sites is 1. The van der Waals surface area contributed by atoms with E-state index < -0.39 is 10.8 Å². The van der Waals surface area contributed by atoms with E-state index in [1.807, 2.05) is 17.0 Å². The van der Waals surface area contributed by atoms with E-state index >= 15 is 0 Å². The lowest BCUT2D eigenvalue weighted by Gasteiger charge is -2.36. The first-order valence-corrected chi connectivity index (χ1v) is 25.1. The van der Waals surface area contributed by atoms with Crippen LogP contribution >= 0.6 is 11.3 Å². The number of thiazole rings is 1. The van der Waals surface area contributed by atoms with Crippen molar-refractivity contribution in [3.8, 4) is 0 Å². The Morgan fingerprint density at radius 3 is 2.01 bits per heavy atom. The van der Waals surface area contributed by atoms with Gasteiger partial charge in [0.2, 0.25) is 17.8 Å². The minimum absolute atomic E-state index is 0.0148. The summed E-state index contributed by atoms with van der Waals surface area (Å²) in [6, 6.07) is 10.2. The van der Waals surface area contributed by atoms with Gasteiger partial charge in [0.15, 0.2) is 10.9 Å². The third-order valence-electron chi connectivity index (χ3n) is 12.3. The van der Waals surface area contributed by atoms with Gasteiger partial charge in [0.05, 0.1) is 113 Å². The third-order valence-corrected chi connectivity index (χ3v) is 13.3. The summed E-state index contributed by atoms with van der Waals surface area (Å²) in [5.41, 5.74) is 2.58. The monoisotopic (exact) mass is 1030 g/mol. The fourth-order valence-electron chi connectivity index (χ4n) is 8.53. The number of anilines is 5. The molecule has 3 N–H and O–H groups in total. The maximum Gasteiger partial charge on any atom is 0.348 e. The van der Waals surface area contributed by atoms with Crippen LogP contribution in [0.3, 0.4) is 0 Å². The molecular formula is C49H61N11O12S. The number of aryl methyl sites for hydroxylation is 2. The van der Waals surface area contributed by atoms with Crippen molar-refractivity contribution in [1.82, 2.24) is 29.4 Å². The molecule has 0 atom stereocenters. The lowest BCUT2D eigenvalue weighted by atomic mass is 10.0. The predicted octanol–water partition coefficient (Wildman–Crippen LogP) is 5.63. The molecule has 1 saturated carbocycles. The van der Waals surface area contributed by atoms with E-state index in [2.05, 4.69) is 35.8 Å². The van der Waals surface area contributed by atoms with E-state index in [1.165, 1.54) is 19.9 Å². The standard InChI is InChI=1S/C49H61N11O12S/c1-32-38-31-51-48(55-44(38)59(35-8-4-5-9-35)46(65)43(32)34(3)61)54-40-13-12-36(30-50-40)57-16-18-58(19-17-57)42(63)15-21-69-23-25-71-27-29-72-28-26-70-24-22-68-20-14-41(62)53-39-11-7-6-10-37(39)45(64)56-49-52-33(2)47(73-49)60(66)67/h6-7,10-13,30-31,35H,4-5,8-9,14-29H2,1-3H3,(H,53,62)(H,52,56,64)(H,50,51,54,55). The number of hydrogen-bond donors (Lipinski definition) is 3. The molecule has 1 aliphatic carbocycles. The van der Waals surface area contributed by atoms with Gasteiger partial charge in [-0.25, -0.2) is 15.0 Å². The molecule has 3 amide bonds. The number of carbonyl (C=O) groups is 4. The Balaban J connectivity index is 0.681. The van der Waals surface area contributed by atoms with Crippen LogP contribution in [0.4, 0.5) is 33.3 Å². The van der Waals surface area contributed by atoms with Gasteiger partial charge in [-0.1, -0.05) is 25.0 Å². The summed E-state index contributed by atoms with van der Waals surface area (Å²) in [7, 11) is 0. The number of Topliss-reactive ketones (excluding diaryl/α,β-unsaturated/α-hetero) is 1. The third kappa shape index (κ3) is 14.9. The Morgan fingerprint density at radius 2 is 1.41 bits per heavy atom. The average molecular weight is 1030 g/mol. The molecule has 1 aliphatic heterocycles. The Hall–Kier alpha value is -6.83. The first-order chi connectivity index (χ1) is 35.4. The number of rotatable bonds is 27. The van der Waals surface area contributed by atoms with Crippen LogP contribution < -0.4 is 26.4 Å². The highest BCUT2D eigenvalue weighted by Gasteiger charge is 2.27. The molecule has 0 unspecified atom stereocenters. The van der Waals surface area contributed by atoms with Crippen molar-refractivity contribution < 1.29 is 47.8 Å². The van der Waals surface area contributed by atoms with Gasteiger partial charge in [0.25, 0.3) is 11.5 Å². The van der Waals surface area contributed by atoms with Crippen LogP contribution in [0.25, 0.3) is 11.0 Å². The molecule has 4 aromatic heterocycles. The molecule has 1 saturated heterocycles. The van der Waals surface area contributed by atoms with Gasteiger partial charge in [-0.2, -0.15) is 4.98 Å². The fraction of sp³-hybridized carbons (Fsp3) is 0.490. The summed E-state index contributed by atoms with van der Waals surface area (Å²) in [6.45, 7) is 10.4. The number of ether oxygens (including phenoxy) is 5. The highest BCUT2D eigenvalue weighted by Crippen LogP contribution is 2.33. The SMILES string of the molecule is CC(=O)c1c(C)c2cnc(Nc3ccc(N4CCN(C(=O)CCOCCOCCOCCOCCOCCC(=O)Nc5ccccc5C(=O)Nc5nc(C)c([N+](=O)[O-])s5)CC4)cn3)nc2n(C2CCCC2)c1=O. The van der Waals surface area contributed by atoms with Crippen LogP contribution in [0.5, 0.6) is 0 Å². The van der Waals surface area contributed by atoms with Crippen LogP contribution in [-0.2, 0) is 33.3 Å². The number of amides is 3. The number of nitrogens with zero attached hydrogens (tertiary/aromatic N) is 8. The normalized spacial score (nSPS) is 13.9. The predicted molar refractivity (Wildman–Crippen MR) is 272 cm³/mol. The largest absolute Gasteiger partial charge is 0.379 e. The molecule has 0 bridgehead atoms. The molecule has 23 nitrogen and oxygen atoms in total. The van der Waals surface area contributed by atoms with Gasteiger partial charge < -0.3 is 44.1 Å². The molecule has 0 spiro atoms. The molecule has 0 radical (unpaired) electrons. The van der Waals surface area contributed by atoms with Gasteiger partial charge >= 0.3 is 5.00 Å². The van der Waals surface area contributed by atoms with Gasteiger partial charge in [-0.15, -0.1) is 0 Å². The van der Waals surface area contributed by atoms with Crippen molar-refractivity contribution in [1.29, 1.82) is 0 Å². The van der Waals surface area contributed by atoms with Gasteiger partial charge in [0.1, 0.15) is 17.2 Å². The Bertz CT molecular complexity index is 2780. The Labute approximate surface area is 425 Å². The molecular weight excluding hydrogens is 967 g/mol. The van der Waals surface area contributed by atoms with Gasteiger partial charge in [0, 0.05) is 43.8 Å². The van der Waals surface area contributed by atoms with Crippen molar-refractivity contribution >= 4 is 79.1 Å². The average Bonchev–Trinajstić information content (AvgIpc) is 4.05. The van der Waals surface area contributed by atoms with Crippen LogP contribution in [0, 0.1) is 24.0 Å². The highest BCUT2D eigenvalue weighted by atomic mass is 32.1. The van der Waals surface area contributed by atoms with Crippen molar-refractivity contribution in [2.24, 2.45) is 0 Å². The number of benzene rings is 1. The first kappa shape index (κ1) is 54.0. The Kier molecular flexibility index (Phi) is 19.8. The number of piperazine rings is 1. The number of nitrogens with one attached hydrogen (secondary N) is 3. The number of nitro groups is 1. The highest BCUT2D eigenvalue weighted by molar-refractivity contribution is 7.19. The molecule has 24 heteroatoms. The van der Waals surface area contributed by atoms with E-state index in [9.17, 15) is 34.1 Å². The fourth-order valence-corrected chi connectivity index (χ4v) is 9.30. The van der Waals surface area contributed by atoms with E-state index in [4.69, 9.17) is 28.7 Å². The number of ketones is 1. The molecule has 390 valence electrons. The van der Waals surface area contributed by atoms with Crippen LogP contribution in [0.15, 0.2) is 53.6 Å². The number of pyridine rings is 2. The maximum absolute atomic E-state index is 13.6. The zero-order valence-electron chi connectivity index (χ0n) is 41.2. The quantitative estimate of drug-likeness (QED) is 0.0249. The molecule has 7 rings (SSSR count). The minimum atomic E-state index is -0.567. The summed E-state index contributed by atoms with van der Waals surface area (Å²) in [6.07, 6.45) is 7.52. The molecule has 2 fully saturated rings. The zero-order valence-corrected chi connectivity index (χ0v) is 42.0. The van der Waals surface area contributed by atoms with Crippen molar-refractivity contribution in [2.75, 3.05) is 113 Å². The summed E-state index contributed by atoms with van der Waals surface area (Å²) in [4.78, 5) is 96.8. The second-order valence-corrected chi connectivity index (χ2v) is 18.2. The van der Waals surface area contributed by atoms with E-state index in [0.717, 1.165) is 42.7 Å². The second kappa shape index (κ2) is 26.7. The lowest BCUT2D eigenvalue weighted by molar-refractivity contribution is -0.380.